The molecule has 1 heterocycles. The van der Waals surface area contributed by atoms with Crippen molar-refractivity contribution in [2.24, 2.45) is 0 Å². The molecule has 0 aromatic carbocycles. The first-order valence-corrected chi connectivity index (χ1v) is 5.88. The van der Waals surface area contributed by atoms with Crippen molar-refractivity contribution in [3.63, 3.8) is 0 Å². The molecule has 1 rings (SSSR count). The highest BCUT2D eigenvalue weighted by molar-refractivity contribution is 5.95. The van der Waals surface area contributed by atoms with Crippen LogP contribution in [-0.4, -0.2) is 39.5 Å². The molecule has 5 heteroatoms. The Morgan fingerprint density at radius 1 is 1.44 bits per heavy atom. The van der Waals surface area contributed by atoms with Gasteiger partial charge in [-0.25, -0.2) is 0 Å². The number of amides is 1. The number of aryl methyl sites for hydroxylation is 1. The van der Waals surface area contributed by atoms with Gasteiger partial charge in [0, 0.05) is 24.5 Å². The number of aliphatic carboxylic acids is 1. The van der Waals surface area contributed by atoms with Crippen LogP contribution in [0.15, 0.2) is 18.3 Å². The molecule has 0 saturated carbocycles. The Kier molecular flexibility index (Phi) is 4.83. The molecule has 0 saturated heterocycles. The summed E-state index contributed by atoms with van der Waals surface area (Å²) in [4.78, 5) is 28.5. The molecule has 1 amide bonds. The third-order valence-electron chi connectivity index (χ3n) is 2.69. The lowest BCUT2D eigenvalue weighted by atomic mass is 10.1. The van der Waals surface area contributed by atoms with E-state index in [9.17, 15) is 9.59 Å². The molecule has 5 nitrogen and oxygen atoms in total. The summed E-state index contributed by atoms with van der Waals surface area (Å²) in [5.74, 6) is -1.08. The molecule has 0 aliphatic carbocycles. The minimum atomic E-state index is -0.906. The fraction of sp³-hybridized carbons (Fsp3) is 0.462. The second-order valence-electron chi connectivity index (χ2n) is 4.37. The van der Waals surface area contributed by atoms with Crippen molar-refractivity contribution in [1.29, 1.82) is 0 Å². The molecule has 1 aromatic heterocycles. The maximum Gasteiger partial charge on any atom is 0.305 e. The number of hydrogen-bond acceptors (Lipinski definition) is 3. The van der Waals surface area contributed by atoms with Crippen molar-refractivity contribution in [3.05, 3.63) is 29.6 Å². The van der Waals surface area contributed by atoms with Crippen LogP contribution >= 0.6 is 0 Å². The molecule has 0 radical (unpaired) electrons. The van der Waals surface area contributed by atoms with E-state index in [-0.39, 0.29) is 24.9 Å². The van der Waals surface area contributed by atoms with Crippen molar-refractivity contribution >= 4 is 11.9 Å². The number of pyridine rings is 1. The zero-order valence-electron chi connectivity index (χ0n) is 10.9. The van der Waals surface area contributed by atoms with Gasteiger partial charge in [-0.2, -0.15) is 0 Å². The predicted molar refractivity (Wildman–Crippen MR) is 67.4 cm³/mol. The second-order valence-corrected chi connectivity index (χ2v) is 4.37. The van der Waals surface area contributed by atoms with Crippen LogP contribution in [0.25, 0.3) is 0 Å². The van der Waals surface area contributed by atoms with E-state index in [4.69, 9.17) is 5.11 Å². The van der Waals surface area contributed by atoms with Crippen LogP contribution in [0.2, 0.25) is 0 Å². The van der Waals surface area contributed by atoms with Crippen molar-refractivity contribution < 1.29 is 14.7 Å². The molecule has 98 valence electrons. The van der Waals surface area contributed by atoms with E-state index >= 15 is 0 Å². The van der Waals surface area contributed by atoms with Gasteiger partial charge >= 0.3 is 5.97 Å². The van der Waals surface area contributed by atoms with E-state index in [1.807, 2.05) is 13.8 Å². The fourth-order valence-electron chi connectivity index (χ4n) is 1.68. The Hall–Kier alpha value is -1.91. The number of carboxylic acids is 1. The molecule has 0 bridgehead atoms. The van der Waals surface area contributed by atoms with Gasteiger partial charge in [0.15, 0.2) is 0 Å². The summed E-state index contributed by atoms with van der Waals surface area (Å²) in [6, 6.07) is 3.37. The third kappa shape index (κ3) is 3.55. The van der Waals surface area contributed by atoms with Crippen molar-refractivity contribution in [1.82, 2.24) is 9.88 Å². The monoisotopic (exact) mass is 250 g/mol. The van der Waals surface area contributed by atoms with Gasteiger partial charge in [0.05, 0.1) is 12.0 Å². The van der Waals surface area contributed by atoms with E-state index in [2.05, 4.69) is 4.98 Å². The van der Waals surface area contributed by atoms with Crippen LogP contribution < -0.4 is 0 Å². The average Bonchev–Trinajstić information content (AvgIpc) is 2.28. The second kappa shape index (κ2) is 6.14. The van der Waals surface area contributed by atoms with Gasteiger partial charge in [0.1, 0.15) is 0 Å². The Bertz CT molecular complexity index is 444. The van der Waals surface area contributed by atoms with Gasteiger partial charge < -0.3 is 10.0 Å². The van der Waals surface area contributed by atoms with Crippen LogP contribution in [0.1, 0.15) is 36.3 Å². The minimum absolute atomic E-state index is 0.0449. The van der Waals surface area contributed by atoms with E-state index in [0.29, 0.717) is 11.3 Å². The van der Waals surface area contributed by atoms with E-state index < -0.39 is 5.97 Å². The van der Waals surface area contributed by atoms with Gasteiger partial charge in [-0.3, -0.25) is 14.6 Å². The maximum atomic E-state index is 12.3. The normalized spacial score (nSPS) is 10.4. The average molecular weight is 250 g/mol. The minimum Gasteiger partial charge on any atom is -0.481 e. The Balaban J connectivity index is 2.90. The SMILES string of the molecule is Cc1ncccc1C(=O)N(CCC(=O)O)C(C)C. The molecule has 0 fully saturated rings. The van der Waals surface area contributed by atoms with Crippen LogP contribution in [0.3, 0.4) is 0 Å². The lowest BCUT2D eigenvalue weighted by Crippen LogP contribution is -2.38. The van der Waals surface area contributed by atoms with Gasteiger partial charge in [0.2, 0.25) is 0 Å². The Morgan fingerprint density at radius 3 is 2.61 bits per heavy atom. The standard InChI is InChI=1S/C13H18N2O3/c1-9(2)15(8-6-12(16)17)13(18)11-5-4-7-14-10(11)3/h4-5,7,9H,6,8H2,1-3H3,(H,16,17). The van der Waals surface area contributed by atoms with Crippen LogP contribution in [0.5, 0.6) is 0 Å². The molecular weight excluding hydrogens is 232 g/mol. The first-order valence-electron chi connectivity index (χ1n) is 5.88. The number of carboxylic acid groups (broad SMARTS) is 1. The number of carbonyl (C=O) groups excluding carboxylic acids is 1. The molecular formula is C13H18N2O3. The van der Waals surface area contributed by atoms with Gasteiger partial charge in [0.25, 0.3) is 5.91 Å². The largest absolute Gasteiger partial charge is 0.481 e. The summed E-state index contributed by atoms with van der Waals surface area (Å²) in [7, 11) is 0. The van der Waals surface area contributed by atoms with Crippen molar-refractivity contribution in [2.45, 2.75) is 33.2 Å². The Labute approximate surface area is 106 Å². The highest BCUT2D eigenvalue weighted by Crippen LogP contribution is 2.11. The zero-order chi connectivity index (χ0) is 13.7. The number of hydrogen-bond donors (Lipinski definition) is 1. The molecule has 18 heavy (non-hydrogen) atoms. The zero-order valence-corrected chi connectivity index (χ0v) is 10.9. The van der Waals surface area contributed by atoms with Gasteiger partial charge in [-0.15, -0.1) is 0 Å². The van der Waals surface area contributed by atoms with Crippen molar-refractivity contribution in [2.75, 3.05) is 6.54 Å². The third-order valence-corrected chi connectivity index (χ3v) is 2.69. The summed E-state index contributed by atoms with van der Waals surface area (Å²) in [6.45, 7) is 5.71. The van der Waals surface area contributed by atoms with Gasteiger partial charge in [-0.1, -0.05) is 0 Å². The first-order chi connectivity index (χ1) is 8.43. The lowest BCUT2D eigenvalue weighted by Gasteiger charge is -2.26. The molecule has 0 unspecified atom stereocenters. The Morgan fingerprint density at radius 2 is 2.11 bits per heavy atom. The first kappa shape index (κ1) is 14.2. The smallest absolute Gasteiger partial charge is 0.305 e. The number of rotatable bonds is 5. The topological polar surface area (TPSA) is 70.5 Å². The van der Waals surface area contributed by atoms with Crippen LogP contribution in [0, 0.1) is 6.92 Å². The molecule has 1 N–H and O–H groups in total. The maximum absolute atomic E-state index is 12.3. The fourth-order valence-corrected chi connectivity index (χ4v) is 1.68. The summed E-state index contributed by atoms with van der Waals surface area (Å²) in [5.41, 5.74) is 1.18. The van der Waals surface area contributed by atoms with Crippen LogP contribution in [0.4, 0.5) is 0 Å². The highest BCUT2D eigenvalue weighted by atomic mass is 16.4. The van der Waals surface area contributed by atoms with E-state index in [1.54, 1.807) is 30.2 Å². The number of aromatic nitrogens is 1. The summed E-state index contributed by atoms with van der Waals surface area (Å²) in [5, 5.41) is 8.70. The van der Waals surface area contributed by atoms with Gasteiger partial charge in [-0.05, 0) is 32.9 Å². The van der Waals surface area contributed by atoms with E-state index in [1.165, 1.54) is 0 Å². The molecule has 0 atom stereocenters. The summed E-state index contributed by atoms with van der Waals surface area (Å²) < 4.78 is 0. The number of nitrogens with zero attached hydrogens (tertiary/aromatic N) is 2. The predicted octanol–water partition coefficient (Wildman–Crippen LogP) is 1.72. The van der Waals surface area contributed by atoms with E-state index in [0.717, 1.165) is 0 Å². The lowest BCUT2D eigenvalue weighted by molar-refractivity contribution is -0.137. The molecule has 0 aliphatic heterocycles. The number of carbonyl (C=O) groups is 2. The summed E-state index contributed by atoms with van der Waals surface area (Å²) >= 11 is 0. The quantitative estimate of drug-likeness (QED) is 0.863. The van der Waals surface area contributed by atoms with Crippen LogP contribution in [-0.2, 0) is 4.79 Å². The molecule has 0 aliphatic rings. The highest BCUT2D eigenvalue weighted by Gasteiger charge is 2.21. The molecule has 1 aromatic rings. The molecule has 0 spiro atoms. The summed E-state index contributed by atoms with van der Waals surface area (Å²) in [6.07, 6.45) is 1.58. The van der Waals surface area contributed by atoms with Crippen molar-refractivity contribution in [3.8, 4) is 0 Å².